The molecule has 0 saturated heterocycles. The van der Waals surface area contributed by atoms with Gasteiger partial charge < -0.3 is 9.88 Å². The lowest BCUT2D eigenvalue weighted by Crippen LogP contribution is -2.36. The second-order valence-electron chi connectivity index (χ2n) is 6.90. The molecule has 1 N–H and O–H groups in total. The maximum Gasteiger partial charge on any atom is 0.225 e. The third-order valence-electron chi connectivity index (χ3n) is 5.03. The number of amides is 1. The zero-order chi connectivity index (χ0) is 17.6. The summed E-state index contributed by atoms with van der Waals surface area (Å²) in [5.74, 6) is 1.78. The van der Waals surface area contributed by atoms with Crippen molar-refractivity contribution >= 4 is 16.8 Å². The molecule has 1 amide bonds. The van der Waals surface area contributed by atoms with Gasteiger partial charge in [0, 0.05) is 48.1 Å². The first kappa shape index (κ1) is 15.9. The number of carbonyl (C=O) groups excluding carboxylic acids is 1. The summed E-state index contributed by atoms with van der Waals surface area (Å²) in [4.78, 5) is 22.6. The van der Waals surface area contributed by atoms with E-state index >= 15 is 0 Å². The first-order valence-electron chi connectivity index (χ1n) is 8.79. The van der Waals surface area contributed by atoms with E-state index in [4.69, 9.17) is 0 Å². The van der Waals surface area contributed by atoms with Crippen LogP contribution in [0.15, 0.2) is 24.3 Å². The summed E-state index contributed by atoms with van der Waals surface area (Å²) >= 11 is 0. The van der Waals surface area contributed by atoms with Gasteiger partial charge in [-0.3, -0.25) is 4.79 Å². The fourth-order valence-electron chi connectivity index (χ4n) is 3.80. The largest absolute Gasteiger partial charge is 0.358 e. The molecule has 3 heterocycles. The molecule has 25 heavy (non-hydrogen) atoms. The number of aromatic nitrogens is 4. The van der Waals surface area contributed by atoms with Gasteiger partial charge in [0.15, 0.2) is 0 Å². The van der Waals surface area contributed by atoms with E-state index < -0.39 is 0 Å². The van der Waals surface area contributed by atoms with Gasteiger partial charge in [-0.1, -0.05) is 18.2 Å². The van der Waals surface area contributed by atoms with Gasteiger partial charge in [0.25, 0.3) is 0 Å². The van der Waals surface area contributed by atoms with Crippen molar-refractivity contribution < 1.29 is 4.79 Å². The molecular weight excluding hydrogens is 314 g/mol. The smallest absolute Gasteiger partial charge is 0.225 e. The quantitative estimate of drug-likeness (QED) is 0.799. The number of hydrogen-bond acceptors (Lipinski definition) is 3. The summed E-state index contributed by atoms with van der Waals surface area (Å²) in [6, 6.07) is 8.32. The SMILES string of the molecule is Cc1nc(C)n(C(C)CC(=O)N2CCc3[nH]c4ccccc4c3C2)n1. The molecule has 0 aliphatic carbocycles. The highest BCUT2D eigenvalue weighted by Gasteiger charge is 2.25. The van der Waals surface area contributed by atoms with E-state index in [2.05, 4.69) is 33.3 Å². The number of para-hydroxylation sites is 1. The molecular formula is C19H23N5O. The summed E-state index contributed by atoms with van der Waals surface area (Å²) in [6.45, 7) is 7.28. The number of carbonyl (C=O) groups is 1. The van der Waals surface area contributed by atoms with Crippen molar-refractivity contribution in [2.75, 3.05) is 6.54 Å². The minimum absolute atomic E-state index is 0.0121. The fourth-order valence-corrected chi connectivity index (χ4v) is 3.80. The third-order valence-corrected chi connectivity index (χ3v) is 5.03. The molecule has 0 saturated carbocycles. The lowest BCUT2D eigenvalue weighted by molar-refractivity contribution is -0.132. The number of fused-ring (bicyclic) bond motifs is 3. The first-order valence-corrected chi connectivity index (χ1v) is 8.79. The number of aryl methyl sites for hydroxylation is 2. The predicted octanol–water partition coefficient (Wildman–Crippen LogP) is 2.91. The number of rotatable bonds is 3. The van der Waals surface area contributed by atoms with E-state index in [-0.39, 0.29) is 11.9 Å². The molecule has 1 unspecified atom stereocenters. The van der Waals surface area contributed by atoms with Gasteiger partial charge in [0.05, 0.1) is 6.04 Å². The van der Waals surface area contributed by atoms with E-state index in [0.29, 0.717) is 13.0 Å². The van der Waals surface area contributed by atoms with E-state index in [1.165, 1.54) is 16.6 Å². The van der Waals surface area contributed by atoms with Crippen molar-refractivity contribution in [1.29, 1.82) is 0 Å². The Morgan fingerprint density at radius 2 is 2.12 bits per heavy atom. The summed E-state index contributed by atoms with van der Waals surface area (Å²) in [7, 11) is 0. The Bertz CT molecular complexity index is 939. The lowest BCUT2D eigenvalue weighted by Gasteiger charge is -2.28. The van der Waals surface area contributed by atoms with Crippen molar-refractivity contribution in [2.45, 2.75) is 46.2 Å². The number of nitrogens with one attached hydrogen (secondary N) is 1. The van der Waals surface area contributed by atoms with Crippen molar-refractivity contribution in [1.82, 2.24) is 24.6 Å². The van der Waals surface area contributed by atoms with Gasteiger partial charge in [-0.2, -0.15) is 5.10 Å². The van der Waals surface area contributed by atoms with Crippen LogP contribution in [0, 0.1) is 13.8 Å². The zero-order valence-corrected chi connectivity index (χ0v) is 14.9. The summed E-state index contributed by atoms with van der Waals surface area (Å²) in [5, 5.41) is 5.63. The predicted molar refractivity (Wildman–Crippen MR) is 96.2 cm³/mol. The Labute approximate surface area is 146 Å². The molecule has 4 rings (SSSR count). The minimum atomic E-state index is 0.0121. The van der Waals surface area contributed by atoms with Crippen LogP contribution in [-0.2, 0) is 17.8 Å². The van der Waals surface area contributed by atoms with Gasteiger partial charge in [0.1, 0.15) is 11.6 Å². The first-order chi connectivity index (χ1) is 12.0. The van der Waals surface area contributed by atoms with Crippen LogP contribution < -0.4 is 0 Å². The molecule has 0 radical (unpaired) electrons. The van der Waals surface area contributed by atoms with Crippen LogP contribution in [0.25, 0.3) is 10.9 Å². The van der Waals surface area contributed by atoms with Crippen LogP contribution in [0.5, 0.6) is 0 Å². The van der Waals surface area contributed by atoms with Crippen molar-refractivity contribution in [3.63, 3.8) is 0 Å². The highest BCUT2D eigenvalue weighted by molar-refractivity contribution is 5.86. The average Bonchev–Trinajstić information content (AvgIpc) is 3.13. The Morgan fingerprint density at radius 1 is 1.32 bits per heavy atom. The Hall–Kier alpha value is -2.63. The summed E-state index contributed by atoms with van der Waals surface area (Å²) in [5.41, 5.74) is 3.68. The monoisotopic (exact) mass is 337 g/mol. The number of benzene rings is 1. The molecule has 0 fully saturated rings. The Morgan fingerprint density at radius 3 is 2.88 bits per heavy atom. The molecule has 6 heteroatoms. The van der Waals surface area contributed by atoms with Crippen LogP contribution in [0.3, 0.4) is 0 Å². The van der Waals surface area contributed by atoms with Gasteiger partial charge in [-0.05, 0) is 26.8 Å². The van der Waals surface area contributed by atoms with Crippen LogP contribution in [0.2, 0.25) is 0 Å². The molecule has 0 spiro atoms. The molecule has 1 aliphatic heterocycles. The van der Waals surface area contributed by atoms with Crippen LogP contribution in [0.4, 0.5) is 0 Å². The molecule has 0 bridgehead atoms. The fraction of sp³-hybridized carbons (Fsp3) is 0.421. The van der Waals surface area contributed by atoms with E-state index in [9.17, 15) is 4.79 Å². The van der Waals surface area contributed by atoms with Crippen LogP contribution in [-0.4, -0.2) is 37.1 Å². The second kappa shape index (κ2) is 6.02. The molecule has 130 valence electrons. The Balaban J connectivity index is 1.51. The van der Waals surface area contributed by atoms with Gasteiger partial charge in [-0.25, -0.2) is 9.67 Å². The van der Waals surface area contributed by atoms with Gasteiger partial charge in [-0.15, -0.1) is 0 Å². The summed E-state index contributed by atoms with van der Waals surface area (Å²) < 4.78 is 1.86. The topological polar surface area (TPSA) is 66.8 Å². The number of aromatic amines is 1. The molecule has 6 nitrogen and oxygen atoms in total. The second-order valence-corrected chi connectivity index (χ2v) is 6.90. The molecule has 1 atom stereocenters. The summed E-state index contributed by atoms with van der Waals surface area (Å²) in [6.07, 6.45) is 1.33. The number of H-pyrrole nitrogens is 1. The third kappa shape index (κ3) is 2.81. The standard InChI is InChI=1S/C19H23N5O/c1-12(24-14(3)20-13(2)22-24)10-19(25)23-9-8-18-16(11-23)15-6-4-5-7-17(15)21-18/h4-7,12,21H,8-11H2,1-3H3. The minimum Gasteiger partial charge on any atom is -0.358 e. The van der Waals surface area contributed by atoms with E-state index in [1.807, 2.05) is 36.4 Å². The molecule has 1 aliphatic rings. The Kier molecular flexibility index (Phi) is 3.82. The molecule has 2 aromatic heterocycles. The number of hydrogen-bond donors (Lipinski definition) is 1. The molecule has 1 aromatic carbocycles. The van der Waals surface area contributed by atoms with Crippen LogP contribution >= 0.6 is 0 Å². The van der Waals surface area contributed by atoms with Gasteiger partial charge in [0.2, 0.25) is 5.91 Å². The highest BCUT2D eigenvalue weighted by Crippen LogP contribution is 2.28. The van der Waals surface area contributed by atoms with Crippen molar-refractivity contribution in [2.24, 2.45) is 0 Å². The maximum absolute atomic E-state index is 12.8. The van der Waals surface area contributed by atoms with E-state index in [1.54, 1.807) is 0 Å². The zero-order valence-electron chi connectivity index (χ0n) is 14.9. The van der Waals surface area contributed by atoms with Crippen molar-refractivity contribution in [3.8, 4) is 0 Å². The highest BCUT2D eigenvalue weighted by atomic mass is 16.2. The molecule has 3 aromatic rings. The van der Waals surface area contributed by atoms with Crippen molar-refractivity contribution in [3.05, 3.63) is 47.2 Å². The lowest BCUT2D eigenvalue weighted by atomic mass is 10.0. The average molecular weight is 337 g/mol. The number of nitrogens with zero attached hydrogens (tertiary/aromatic N) is 4. The maximum atomic E-state index is 12.8. The van der Waals surface area contributed by atoms with E-state index in [0.717, 1.165) is 30.1 Å². The van der Waals surface area contributed by atoms with Crippen LogP contribution in [0.1, 0.15) is 42.3 Å². The van der Waals surface area contributed by atoms with Gasteiger partial charge >= 0.3 is 0 Å². The normalized spacial score (nSPS) is 15.4.